The van der Waals surface area contributed by atoms with Crippen LogP contribution in [-0.2, 0) is 4.74 Å². The Labute approximate surface area is 121 Å². The number of ether oxygens (including phenoxy) is 1. The van der Waals surface area contributed by atoms with Crippen LogP contribution < -0.4 is 5.32 Å². The Balaban J connectivity index is 1.81. The van der Waals surface area contributed by atoms with Gasteiger partial charge < -0.3 is 10.1 Å². The maximum atomic E-state index is 10.8. The topological polar surface area (TPSA) is 93.4 Å². The lowest BCUT2D eigenvalue weighted by Gasteiger charge is -2.26. The standard InChI is InChI=1S/C11H16ClN5O3/c12-11-14-8-9(17(18)19)10(15-11)13-2-1-3-16-4-6-20-7-5-16/h8H,1-7H2,(H,13,14,15). The van der Waals surface area contributed by atoms with Crippen molar-refractivity contribution >= 4 is 23.1 Å². The smallest absolute Gasteiger partial charge is 0.329 e. The second-order valence-electron chi connectivity index (χ2n) is 4.36. The van der Waals surface area contributed by atoms with Crippen LogP contribution in [-0.4, -0.2) is 59.2 Å². The van der Waals surface area contributed by atoms with E-state index in [1.807, 2.05) is 0 Å². The Morgan fingerprint density at radius 3 is 2.95 bits per heavy atom. The van der Waals surface area contributed by atoms with E-state index in [0.29, 0.717) is 6.54 Å². The van der Waals surface area contributed by atoms with Crippen LogP contribution >= 0.6 is 11.6 Å². The van der Waals surface area contributed by atoms with E-state index in [9.17, 15) is 10.1 Å². The lowest BCUT2D eigenvalue weighted by atomic mass is 10.3. The van der Waals surface area contributed by atoms with Crippen LogP contribution in [0.1, 0.15) is 6.42 Å². The van der Waals surface area contributed by atoms with Crippen LogP contribution in [0, 0.1) is 10.1 Å². The Hall–Kier alpha value is -1.51. The molecule has 20 heavy (non-hydrogen) atoms. The molecule has 1 fully saturated rings. The highest BCUT2D eigenvalue weighted by molar-refractivity contribution is 6.28. The number of nitrogens with one attached hydrogen (secondary N) is 1. The van der Waals surface area contributed by atoms with Gasteiger partial charge in [-0.2, -0.15) is 4.98 Å². The summed E-state index contributed by atoms with van der Waals surface area (Å²) in [6.07, 6.45) is 1.97. The van der Waals surface area contributed by atoms with Gasteiger partial charge in [-0.15, -0.1) is 0 Å². The summed E-state index contributed by atoms with van der Waals surface area (Å²) in [4.78, 5) is 20.1. The zero-order valence-electron chi connectivity index (χ0n) is 10.9. The maximum absolute atomic E-state index is 10.8. The molecule has 0 unspecified atom stereocenters. The van der Waals surface area contributed by atoms with Crippen molar-refractivity contribution in [1.82, 2.24) is 14.9 Å². The number of anilines is 1. The minimum atomic E-state index is -0.527. The third-order valence-electron chi connectivity index (χ3n) is 2.98. The van der Waals surface area contributed by atoms with Crippen LogP contribution in [0.4, 0.5) is 11.5 Å². The molecular formula is C11H16ClN5O3. The lowest BCUT2D eigenvalue weighted by Crippen LogP contribution is -2.37. The van der Waals surface area contributed by atoms with E-state index in [2.05, 4.69) is 20.2 Å². The second kappa shape index (κ2) is 7.32. The second-order valence-corrected chi connectivity index (χ2v) is 4.70. The molecule has 1 aromatic rings. The summed E-state index contributed by atoms with van der Waals surface area (Å²) in [5, 5.41) is 13.8. The molecule has 110 valence electrons. The van der Waals surface area contributed by atoms with Crippen LogP contribution in [0.25, 0.3) is 0 Å². The fourth-order valence-electron chi connectivity index (χ4n) is 1.95. The third kappa shape index (κ3) is 4.26. The fourth-order valence-corrected chi connectivity index (χ4v) is 2.09. The zero-order valence-corrected chi connectivity index (χ0v) is 11.7. The number of halogens is 1. The van der Waals surface area contributed by atoms with Gasteiger partial charge in [-0.25, -0.2) is 4.98 Å². The Morgan fingerprint density at radius 1 is 1.50 bits per heavy atom. The summed E-state index contributed by atoms with van der Waals surface area (Å²) in [5.74, 6) is 0.164. The van der Waals surface area contributed by atoms with Gasteiger partial charge in [0, 0.05) is 19.6 Å². The van der Waals surface area contributed by atoms with Crippen molar-refractivity contribution in [1.29, 1.82) is 0 Å². The van der Waals surface area contributed by atoms with Crippen LogP contribution in [0.2, 0.25) is 5.28 Å². The van der Waals surface area contributed by atoms with E-state index < -0.39 is 4.92 Å². The predicted molar refractivity (Wildman–Crippen MR) is 74.1 cm³/mol. The van der Waals surface area contributed by atoms with Crippen molar-refractivity contribution in [2.45, 2.75) is 6.42 Å². The first-order valence-electron chi connectivity index (χ1n) is 6.38. The van der Waals surface area contributed by atoms with Gasteiger partial charge in [-0.1, -0.05) is 0 Å². The molecule has 0 bridgehead atoms. The molecule has 1 aliphatic rings. The van der Waals surface area contributed by atoms with Crippen LogP contribution in [0.3, 0.4) is 0 Å². The van der Waals surface area contributed by atoms with Crippen molar-refractivity contribution in [2.24, 2.45) is 0 Å². The van der Waals surface area contributed by atoms with Crippen molar-refractivity contribution in [3.05, 3.63) is 21.6 Å². The first-order chi connectivity index (χ1) is 9.66. The number of nitrogens with zero attached hydrogens (tertiary/aromatic N) is 4. The van der Waals surface area contributed by atoms with Gasteiger partial charge >= 0.3 is 5.69 Å². The van der Waals surface area contributed by atoms with Crippen molar-refractivity contribution in [2.75, 3.05) is 44.7 Å². The third-order valence-corrected chi connectivity index (χ3v) is 3.17. The van der Waals surface area contributed by atoms with Gasteiger partial charge in [-0.3, -0.25) is 15.0 Å². The van der Waals surface area contributed by atoms with Crippen molar-refractivity contribution in [3.63, 3.8) is 0 Å². The normalized spacial score (nSPS) is 16.1. The Bertz CT molecular complexity index is 467. The quantitative estimate of drug-likeness (QED) is 0.365. The van der Waals surface area contributed by atoms with Gasteiger partial charge in [0.15, 0.2) is 0 Å². The van der Waals surface area contributed by atoms with Gasteiger partial charge in [0.25, 0.3) is 0 Å². The van der Waals surface area contributed by atoms with E-state index in [1.165, 1.54) is 0 Å². The van der Waals surface area contributed by atoms with Crippen LogP contribution in [0.5, 0.6) is 0 Å². The minimum Gasteiger partial charge on any atom is -0.379 e. The largest absolute Gasteiger partial charge is 0.379 e. The number of hydrogen-bond acceptors (Lipinski definition) is 7. The maximum Gasteiger partial charge on any atom is 0.329 e. The monoisotopic (exact) mass is 301 g/mol. The molecule has 0 atom stereocenters. The minimum absolute atomic E-state index is 0.00807. The average molecular weight is 302 g/mol. The van der Waals surface area contributed by atoms with Gasteiger partial charge in [0.05, 0.1) is 18.1 Å². The van der Waals surface area contributed by atoms with Crippen molar-refractivity contribution < 1.29 is 9.66 Å². The molecule has 1 aliphatic heterocycles. The zero-order chi connectivity index (χ0) is 14.4. The summed E-state index contributed by atoms with van der Waals surface area (Å²) in [7, 11) is 0. The van der Waals surface area contributed by atoms with E-state index in [-0.39, 0.29) is 16.8 Å². The Kier molecular flexibility index (Phi) is 5.45. The summed E-state index contributed by atoms with van der Waals surface area (Å²) in [6, 6.07) is 0. The lowest BCUT2D eigenvalue weighted by molar-refractivity contribution is -0.384. The molecule has 8 nitrogen and oxygen atoms in total. The summed E-state index contributed by atoms with van der Waals surface area (Å²) in [6.45, 7) is 4.90. The highest BCUT2D eigenvalue weighted by Gasteiger charge is 2.16. The number of rotatable bonds is 6. The number of aromatic nitrogens is 2. The SMILES string of the molecule is O=[N+]([O-])c1cnc(Cl)nc1NCCCN1CCOCC1. The van der Waals surface area contributed by atoms with Crippen LogP contribution in [0.15, 0.2) is 6.20 Å². The molecule has 1 N–H and O–H groups in total. The van der Waals surface area contributed by atoms with E-state index in [1.54, 1.807) is 0 Å². The molecule has 1 aromatic heterocycles. The van der Waals surface area contributed by atoms with E-state index in [4.69, 9.17) is 16.3 Å². The fraction of sp³-hybridized carbons (Fsp3) is 0.636. The highest BCUT2D eigenvalue weighted by Crippen LogP contribution is 2.21. The van der Waals surface area contributed by atoms with E-state index in [0.717, 1.165) is 45.5 Å². The summed E-state index contributed by atoms with van der Waals surface area (Å²) >= 11 is 5.65. The molecule has 0 aromatic carbocycles. The van der Waals surface area contributed by atoms with Gasteiger partial charge in [-0.05, 0) is 24.6 Å². The first kappa shape index (κ1) is 14.9. The average Bonchev–Trinajstić information content (AvgIpc) is 2.44. The molecule has 0 saturated carbocycles. The molecule has 2 heterocycles. The molecule has 0 spiro atoms. The predicted octanol–water partition coefficient (Wildman–Crippen LogP) is 1.17. The van der Waals surface area contributed by atoms with Gasteiger partial charge in [0.1, 0.15) is 6.20 Å². The molecule has 0 radical (unpaired) electrons. The molecule has 0 aliphatic carbocycles. The highest BCUT2D eigenvalue weighted by atomic mass is 35.5. The van der Waals surface area contributed by atoms with E-state index >= 15 is 0 Å². The number of nitro groups is 1. The summed E-state index contributed by atoms with van der Waals surface area (Å²) in [5.41, 5.74) is -0.166. The number of morpholine rings is 1. The molecule has 2 rings (SSSR count). The van der Waals surface area contributed by atoms with Crippen molar-refractivity contribution in [3.8, 4) is 0 Å². The summed E-state index contributed by atoms with van der Waals surface area (Å²) < 4.78 is 5.27. The first-order valence-corrected chi connectivity index (χ1v) is 6.75. The number of hydrogen-bond donors (Lipinski definition) is 1. The van der Waals surface area contributed by atoms with Gasteiger partial charge in [0.2, 0.25) is 11.1 Å². The molecular weight excluding hydrogens is 286 g/mol. The Morgan fingerprint density at radius 2 is 2.25 bits per heavy atom. The molecule has 9 heteroatoms. The molecule has 0 amide bonds. The molecule has 1 saturated heterocycles.